The molecule has 2 amide bonds. The highest BCUT2D eigenvalue weighted by molar-refractivity contribution is 7.10. The van der Waals surface area contributed by atoms with Gasteiger partial charge in [0.05, 0.1) is 13.5 Å². The fourth-order valence-electron chi connectivity index (χ4n) is 3.52. The van der Waals surface area contributed by atoms with E-state index in [1.165, 1.54) is 22.7 Å². The van der Waals surface area contributed by atoms with Gasteiger partial charge in [0.25, 0.3) is 0 Å². The number of para-hydroxylation sites is 1. The number of rotatable bonds is 9. The van der Waals surface area contributed by atoms with Crippen LogP contribution >= 0.6 is 22.7 Å². The topological polar surface area (TPSA) is 58.6 Å². The van der Waals surface area contributed by atoms with Crippen LogP contribution in [0.2, 0.25) is 0 Å². The van der Waals surface area contributed by atoms with E-state index in [1.54, 1.807) is 12.0 Å². The number of anilines is 1. The van der Waals surface area contributed by atoms with Crippen molar-refractivity contribution in [3.63, 3.8) is 0 Å². The van der Waals surface area contributed by atoms with Gasteiger partial charge >= 0.3 is 0 Å². The van der Waals surface area contributed by atoms with Crippen LogP contribution in [0, 0.1) is 0 Å². The molecule has 4 aromatic rings. The first-order valence-electron chi connectivity index (χ1n) is 10.5. The fraction of sp³-hybridized carbons (Fsp3) is 0.154. The van der Waals surface area contributed by atoms with Gasteiger partial charge in [0, 0.05) is 22.0 Å². The van der Waals surface area contributed by atoms with Gasteiger partial charge in [-0.15, -0.1) is 22.7 Å². The summed E-state index contributed by atoms with van der Waals surface area (Å²) in [6, 6.07) is 23.8. The molecule has 4 rings (SSSR count). The molecule has 2 aromatic carbocycles. The summed E-state index contributed by atoms with van der Waals surface area (Å²) in [4.78, 5) is 30.5. The molecule has 0 aliphatic carbocycles. The molecule has 5 nitrogen and oxygen atoms in total. The third kappa shape index (κ3) is 5.69. The number of amides is 2. The quantitative estimate of drug-likeness (QED) is 0.349. The van der Waals surface area contributed by atoms with Gasteiger partial charge in [-0.05, 0) is 52.7 Å². The van der Waals surface area contributed by atoms with E-state index in [0.717, 1.165) is 21.1 Å². The highest BCUT2D eigenvalue weighted by Gasteiger charge is 2.33. The lowest BCUT2D eigenvalue weighted by Crippen LogP contribution is -2.44. The summed E-state index contributed by atoms with van der Waals surface area (Å²) >= 11 is 3.00. The molecule has 7 heteroatoms. The molecule has 0 radical (unpaired) electrons. The highest BCUT2D eigenvalue weighted by atomic mass is 32.1. The van der Waals surface area contributed by atoms with Crippen molar-refractivity contribution in [2.24, 2.45) is 0 Å². The van der Waals surface area contributed by atoms with Crippen molar-refractivity contribution in [3.05, 3.63) is 105 Å². The third-order valence-corrected chi connectivity index (χ3v) is 6.95. The molecule has 33 heavy (non-hydrogen) atoms. The number of hydrogen-bond donors (Lipinski definition) is 1. The number of nitrogens with zero attached hydrogens (tertiary/aromatic N) is 1. The Morgan fingerprint density at radius 1 is 0.909 bits per heavy atom. The Kier molecular flexibility index (Phi) is 7.55. The Morgan fingerprint density at radius 3 is 2.27 bits per heavy atom. The lowest BCUT2D eigenvalue weighted by Gasteiger charge is -2.30. The van der Waals surface area contributed by atoms with Crippen molar-refractivity contribution in [2.45, 2.75) is 19.0 Å². The second kappa shape index (κ2) is 10.9. The van der Waals surface area contributed by atoms with Gasteiger partial charge in [-0.1, -0.05) is 42.5 Å². The van der Waals surface area contributed by atoms with Gasteiger partial charge in [0.1, 0.15) is 11.8 Å². The molecule has 0 saturated heterocycles. The van der Waals surface area contributed by atoms with Crippen molar-refractivity contribution in [3.8, 4) is 5.75 Å². The number of methoxy groups -OCH3 is 1. The molecule has 168 valence electrons. The Labute approximate surface area is 201 Å². The van der Waals surface area contributed by atoms with Crippen LogP contribution in [-0.4, -0.2) is 18.9 Å². The van der Waals surface area contributed by atoms with Crippen molar-refractivity contribution in [1.82, 2.24) is 5.32 Å². The van der Waals surface area contributed by atoms with E-state index in [-0.39, 0.29) is 18.2 Å². The molecule has 0 fully saturated rings. The largest absolute Gasteiger partial charge is 0.497 e. The van der Waals surface area contributed by atoms with Gasteiger partial charge in [-0.25, -0.2) is 0 Å². The number of carbonyl (C=O) groups is 2. The molecule has 0 spiro atoms. The Morgan fingerprint density at radius 2 is 1.64 bits per heavy atom. The molecule has 1 N–H and O–H groups in total. The summed E-state index contributed by atoms with van der Waals surface area (Å²) in [5.74, 6) is 0.411. The smallest absolute Gasteiger partial charge is 0.248 e. The first kappa shape index (κ1) is 22.8. The van der Waals surface area contributed by atoms with E-state index in [9.17, 15) is 9.59 Å². The SMILES string of the molecule is COc1ccc(CNC(=O)[C@@H](c2cccs2)N(C(=O)Cc2cccs2)c2ccccc2)cc1. The molecule has 0 unspecified atom stereocenters. The van der Waals surface area contributed by atoms with Crippen LogP contribution in [0.5, 0.6) is 5.75 Å². The molecule has 2 heterocycles. The zero-order chi connectivity index (χ0) is 23.0. The molecule has 0 saturated carbocycles. The van der Waals surface area contributed by atoms with Gasteiger partial charge in [0.2, 0.25) is 11.8 Å². The van der Waals surface area contributed by atoms with Crippen molar-refractivity contribution in [2.75, 3.05) is 12.0 Å². The maximum Gasteiger partial charge on any atom is 0.248 e. The summed E-state index contributed by atoms with van der Waals surface area (Å²) in [5.41, 5.74) is 1.64. The van der Waals surface area contributed by atoms with Crippen LogP contribution in [0.3, 0.4) is 0 Å². The zero-order valence-electron chi connectivity index (χ0n) is 18.1. The minimum atomic E-state index is -0.766. The van der Waals surface area contributed by atoms with E-state index < -0.39 is 6.04 Å². The van der Waals surface area contributed by atoms with Crippen LogP contribution < -0.4 is 15.0 Å². The summed E-state index contributed by atoms with van der Waals surface area (Å²) in [5, 5.41) is 6.90. The number of ether oxygens (including phenoxy) is 1. The second-order valence-electron chi connectivity index (χ2n) is 7.34. The number of thiophene rings is 2. The monoisotopic (exact) mass is 476 g/mol. The molecule has 2 aromatic heterocycles. The average molecular weight is 477 g/mol. The van der Waals surface area contributed by atoms with Crippen molar-refractivity contribution < 1.29 is 14.3 Å². The maximum atomic E-state index is 13.5. The Bertz CT molecular complexity index is 1160. The summed E-state index contributed by atoms with van der Waals surface area (Å²) in [6.07, 6.45) is 0.236. The zero-order valence-corrected chi connectivity index (χ0v) is 19.8. The lowest BCUT2D eigenvalue weighted by molar-refractivity contribution is -0.126. The van der Waals surface area contributed by atoms with E-state index in [0.29, 0.717) is 12.2 Å². The van der Waals surface area contributed by atoms with E-state index in [1.807, 2.05) is 89.6 Å². The van der Waals surface area contributed by atoms with Crippen LogP contribution in [0.25, 0.3) is 0 Å². The molecule has 0 bridgehead atoms. The number of carbonyl (C=O) groups excluding carboxylic acids is 2. The van der Waals surface area contributed by atoms with Crippen molar-refractivity contribution >= 4 is 40.2 Å². The van der Waals surface area contributed by atoms with Crippen LogP contribution in [-0.2, 0) is 22.6 Å². The number of benzene rings is 2. The van der Waals surface area contributed by atoms with Gasteiger partial charge in [-0.3, -0.25) is 14.5 Å². The maximum absolute atomic E-state index is 13.5. The van der Waals surface area contributed by atoms with Crippen molar-refractivity contribution in [1.29, 1.82) is 0 Å². The predicted octanol–water partition coefficient (Wildman–Crippen LogP) is 5.45. The van der Waals surface area contributed by atoms with E-state index in [2.05, 4.69) is 5.32 Å². The average Bonchev–Trinajstić information content (AvgIpc) is 3.56. The molecular formula is C26H24N2O3S2. The minimum absolute atomic E-state index is 0.123. The van der Waals surface area contributed by atoms with Gasteiger partial charge in [0.15, 0.2) is 0 Å². The standard InChI is InChI=1S/C26H24N2O3S2/c1-31-21-13-11-19(12-14-21)18-27-26(30)25(23-10-6-16-33-23)28(20-7-3-2-4-8-20)24(29)17-22-9-5-15-32-22/h2-16,25H,17-18H2,1H3,(H,27,30)/t25-/m1/s1. The molecule has 0 aliphatic heterocycles. The van der Waals surface area contributed by atoms with E-state index in [4.69, 9.17) is 4.74 Å². The van der Waals surface area contributed by atoms with Crippen LogP contribution in [0.15, 0.2) is 89.6 Å². The van der Waals surface area contributed by atoms with Gasteiger partial charge in [-0.2, -0.15) is 0 Å². The normalized spacial score (nSPS) is 11.5. The molecular weight excluding hydrogens is 452 g/mol. The molecule has 0 aliphatic rings. The summed E-state index contributed by atoms with van der Waals surface area (Å²) in [7, 11) is 1.62. The summed E-state index contributed by atoms with van der Waals surface area (Å²) in [6.45, 7) is 0.354. The third-order valence-electron chi connectivity index (χ3n) is 5.15. The number of hydrogen-bond acceptors (Lipinski definition) is 5. The van der Waals surface area contributed by atoms with Crippen LogP contribution in [0.4, 0.5) is 5.69 Å². The number of nitrogens with one attached hydrogen (secondary N) is 1. The van der Waals surface area contributed by atoms with Crippen LogP contribution in [0.1, 0.15) is 21.4 Å². The second-order valence-corrected chi connectivity index (χ2v) is 9.35. The fourth-order valence-corrected chi connectivity index (χ4v) is 5.03. The summed E-state index contributed by atoms with van der Waals surface area (Å²) < 4.78 is 5.20. The highest BCUT2D eigenvalue weighted by Crippen LogP contribution is 2.31. The first-order chi connectivity index (χ1) is 16.2. The molecule has 1 atom stereocenters. The Hall–Kier alpha value is -3.42. The Balaban J connectivity index is 1.63. The van der Waals surface area contributed by atoms with Gasteiger partial charge < -0.3 is 10.1 Å². The first-order valence-corrected chi connectivity index (χ1v) is 12.2. The lowest BCUT2D eigenvalue weighted by atomic mass is 10.1. The van der Waals surface area contributed by atoms with E-state index >= 15 is 0 Å². The predicted molar refractivity (Wildman–Crippen MR) is 134 cm³/mol. The minimum Gasteiger partial charge on any atom is -0.497 e.